The Labute approximate surface area is 114 Å². The van der Waals surface area contributed by atoms with E-state index in [0.29, 0.717) is 5.69 Å². The molecule has 0 aromatic heterocycles. The molecule has 2 aromatic rings. The predicted octanol–water partition coefficient (Wildman–Crippen LogP) is 3.31. The highest BCUT2D eigenvalue weighted by molar-refractivity contribution is 5.94. The minimum atomic E-state index is -1.56. The molecular weight excluding hydrogens is 267 g/mol. The van der Waals surface area contributed by atoms with Crippen LogP contribution in [0.2, 0.25) is 0 Å². The van der Waals surface area contributed by atoms with E-state index in [0.717, 1.165) is 12.1 Å². The highest BCUT2D eigenvalue weighted by Crippen LogP contribution is 2.18. The van der Waals surface area contributed by atoms with Crippen LogP contribution in [0.5, 0.6) is 0 Å². The minimum Gasteiger partial charge on any atom is -0.315 e. The van der Waals surface area contributed by atoms with E-state index >= 15 is 0 Å². The molecule has 0 heterocycles. The van der Waals surface area contributed by atoms with Gasteiger partial charge in [-0.3, -0.25) is 4.79 Å². The summed E-state index contributed by atoms with van der Waals surface area (Å²) in [5.41, 5.74) is 0.470. The van der Waals surface area contributed by atoms with Crippen LogP contribution in [-0.2, 0) is 11.2 Å². The van der Waals surface area contributed by atoms with E-state index in [9.17, 15) is 18.0 Å². The molecule has 2 rings (SSSR count). The van der Waals surface area contributed by atoms with Gasteiger partial charge in [0.05, 0.1) is 6.42 Å². The summed E-state index contributed by atoms with van der Waals surface area (Å²) in [7, 11) is 1.54. The summed E-state index contributed by atoms with van der Waals surface area (Å²) in [5.74, 6) is -4.56. The van der Waals surface area contributed by atoms with Crippen molar-refractivity contribution < 1.29 is 18.0 Å². The van der Waals surface area contributed by atoms with Crippen LogP contribution in [0.1, 0.15) is 5.56 Å². The lowest BCUT2D eigenvalue weighted by Gasteiger charge is -2.17. The Morgan fingerprint density at radius 1 is 1.00 bits per heavy atom. The van der Waals surface area contributed by atoms with Crippen molar-refractivity contribution in [2.75, 3.05) is 11.9 Å². The summed E-state index contributed by atoms with van der Waals surface area (Å²) >= 11 is 0. The Kier molecular flexibility index (Phi) is 4.08. The maximum absolute atomic E-state index is 13.5. The molecule has 0 atom stereocenters. The summed E-state index contributed by atoms with van der Waals surface area (Å²) in [6, 6.07) is 10.7. The van der Waals surface area contributed by atoms with Gasteiger partial charge >= 0.3 is 0 Å². The quantitative estimate of drug-likeness (QED) is 0.789. The fourth-order valence-corrected chi connectivity index (χ4v) is 1.78. The molecular formula is C15H12F3NO. The van der Waals surface area contributed by atoms with E-state index in [2.05, 4.69) is 0 Å². The molecule has 0 saturated heterocycles. The molecule has 0 unspecified atom stereocenters. The van der Waals surface area contributed by atoms with Gasteiger partial charge in [-0.1, -0.05) is 24.3 Å². The number of likely N-dealkylation sites (N-methyl/N-ethyl adjacent to an activating group) is 1. The van der Waals surface area contributed by atoms with Crippen LogP contribution in [-0.4, -0.2) is 13.0 Å². The van der Waals surface area contributed by atoms with Crippen LogP contribution in [0, 0.1) is 17.5 Å². The second-order valence-electron chi connectivity index (χ2n) is 4.30. The van der Waals surface area contributed by atoms with Crippen molar-refractivity contribution in [1.82, 2.24) is 0 Å². The summed E-state index contributed by atoms with van der Waals surface area (Å²) in [6.45, 7) is 0. The van der Waals surface area contributed by atoms with Crippen molar-refractivity contribution in [3.63, 3.8) is 0 Å². The van der Waals surface area contributed by atoms with Gasteiger partial charge in [-0.05, 0) is 18.2 Å². The lowest BCUT2D eigenvalue weighted by atomic mass is 10.1. The van der Waals surface area contributed by atoms with Gasteiger partial charge in [0.15, 0.2) is 17.5 Å². The first-order valence-electron chi connectivity index (χ1n) is 5.94. The molecule has 20 heavy (non-hydrogen) atoms. The number of amides is 1. The third-order valence-electron chi connectivity index (χ3n) is 2.97. The zero-order chi connectivity index (χ0) is 14.7. The molecule has 2 nitrogen and oxygen atoms in total. The van der Waals surface area contributed by atoms with Gasteiger partial charge < -0.3 is 4.90 Å². The van der Waals surface area contributed by atoms with Gasteiger partial charge in [-0.15, -0.1) is 0 Å². The van der Waals surface area contributed by atoms with Crippen LogP contribution >= 0.6 is 0 Å². The van der Waals surface area contributed by atoms with Gasteiger partial charge in [0.2, 0.25) is 5.91 Å². The first-order chi connectivity index (χ1) is 9.50. The molecule has 0 spiro atoms. The topological polar surface area (TPSA) is 20.3 Å². The Bertz CT molecular complexity index is 629. The van der Waals surface area contributed by atoms with Gasteiger partial charge in [-0.2, -0.15) is 0 Å². The molecule has 0 aliphatic carbocycles. The first kappa shape index (κ1) is 14.1. The fourth-order valence-electron chi connectivity index (χ4n) is 1.78. The van der Waals surface area contributed by atoms with Gasteiger partial charge in [-0.25, -0.2) is 13.2 Å². The van der Waals surface area contributed by atoms with E-state index in [-0.39, 0.29) is 12.0 Å². The van der Waals surface area contributed by atoms with Gasteiger partial charge in [0, 0.05) is 18.3 Å². The number of nitrogens with zero attached hydrogens (tertiary/aromatic N) is 1. The summed E-state index contributed by atoms with van der Waals surface area (Å²) < 4.78 is 39.4. The zero-order valence-corrected chi connectivity index (χ0v) is 10.7. The monoisotopic (exact) mass is 279 g/mol. The van der Waals surface area contributed by atoms with Crippen LogP contribution < -0.4 is 4.90 Å². The van der Waals surface area contributed by atoms with Crippen molar-refractivity contribution in [1.29, 1.82) is 0 Å². The number of carbonyl (C=O) groups is 1. The van der Waals surface area contributed by atoms with Gasteiger partial charge in [0.25, 0.3) is 0 Å². The highest BCUT2D eigenvalue weighted by Gasteiger charge is 2.18. The molecule has 2 aromatic carbocycles. The number of benzene rings is 2. The van der Waals surface area contributed by atoms with E-state index in [1.54, 1.807) is 30.3 Å². The average Bonchev–Trinajstić information content (AvgIpc) is 2.48. The molecule has 1 amide bonds. The van der Waals surface area contributed by atoms with Crippen molar-refractivity contribution in [2.45, 2.75) is 6.42 Å². The number of para-hydroxylation sites is 1. The highest BCUT2D eigenvalue weighted by atomic mass is 19.2. The average molecular weight is 279 g/mol. The van der Waals surface area contributed by atoms with Crippen LogP contribution in [0.25, 0.3) is 0 Å². The number of hydrogen-bond donors (Lipinski definition) is 0. The third-order valence-corrected chi connectivity index (χ3v) is 2.97. The lowest BCUT2D eigenvalue weighted by Crippen LogP contribution is -2.28. The summed E-state index contributed by atoms with van der Waals surface area (Å²) in [4.78, 5) is 13.3. The molecule has 104 valence electrons. The molecule has 0 fully saturated rings. The zero-order valence-electron chi connectivity index (χ0n) is 10.7. The molecule has 0 aliphatic heterocycles. The fraction of sp³-hybridized carbons (Fsp3) is 0.133. The van der Waals surface area contributed by atoms with E-state index in [1.807, 2.05) is 0 Å². The summed E-state index contributed by atoms with van der Waals surface area (Å²) in [6.07, 6.45) is -0.339. The Hall–Kier alpha value is -2.30. The maximum atomic E-state index is 13.5. The normalized spacial score (nSPS) is 10.4. The smallest absolute Gasteiger partial charge is 0.231 e. The lowest BCUT2D eigenvalue weighted by molar-refractivity contribution is -0.117. The van der Waals surface area contributed by atoms with E-state index in [1.165, 1.54) is 11.9 Å². The van der Waals surface area contributed by atoms with Crippen LogP contribution in [0.3, 0.4) is 0 Å². The second kappa shape index (κ2) is 5.77. The van der Waals surface area contributed by atoms with Crippen molar-refractivity contribution in [2.24, 2.45) is 0 Å². The largest absolute Gasteiger partial charge is 0.315 e. The third kappa shape index (κ3) is 2.82. The molecule has 5 heteroatoms. The maximum Gasteiger partial charge on any atom is 0.231 e. The van der Waals surface area contributed by atoms with Crippen LogP contribution in [0.4, 0.5) is 18.9 Å². The summed E-state index contributed by atoms with van der Waals surface area (Å²) in [5, 5.41) is 0. The number of halogens is 3. The Morgan fingerprint density at radius 3 is 2.30 bits per heavy atom. The van der Waals surface area contributed by atoms with Crippen LogP contribution in [0.15, 0.2) is 42.5 Å². The second-order valence-corrected chi connectivity index (χ2v) is 4.30. The number of hydrogen-bond acceptors (Lipinski definition) is 1. The van der Waals surface area contributed by atoms with Gasteiger partial charge in [0.1, 0.15) is 0 Å². The molecule has 0 radical (unpaired) electrons. The van der Waals surface area contributed by atoms with Crippen molar-refractivity contribution >= 4 is 11.6 Å². The SMILES string of the molecule is CN(C(=O)Cc1ccc(F)c(F)c1F)c1ccccc1. The Morgan fingerprint density at radius 2 is 1.65 bits per heavy atom. The number of anilines is 1. The van der Waals surface area contributed by atoms with Crippen molar-refractivity contribution in [3.8, 4) is 0 Å². The standard InChI is InChI=1S/C15H12F3NO/c1-19(11-5-3-2-4-6-11)13(20)9-10-7-8-12(16)15(18)14(10)17/h2-8H,9H2,1H3. The molecule has 0 bridgehead atoms. The molecule has 0 aliphatic rings. The number of carbonyl (C=O) groups excluding carboxylic acids is 1. The molecule has 0 saturated carbocycles. The van der Waals surface area contributed by atoms with Crippen molar-refractivity contribution in [3.05, 3.63) is 65.5 Å². The minimum absolute atomic E-state index is 0.170. The predicted molar refractivity (Wildman–Crippen MR) is 69.9 cm³/mol. The molecule has 0 N–H and O–H groups in total. The van der Waals surface area contributed by atoms with E-state index in [4.69, 9.17) is 0 Å². The van der Waals surface area contributed by atoms with E-state index < -0.39 is 23.4 Å². The number of rotatable bonds is 3. The first-order valence-corrected chi connectivity index (χ1v) is 5.94. The Balaban J connectivity index is 2.18.